The number of rotatable bonds is 9. The molecule has 12 heteroatoms. The van der Waals surface area contributed by atoms with E-state index in [-0.39, 0.29) is 30.4 Å². The van der Waals surface area contributed by atoms with Crippen molar-refractivity contribution in [1.29, 1.82) is 0 Å². The summed E-state index contributed by atoms with van der Waals surface area (Å²) in [6.45, 7) is -0.124. The molecule has 0 radical (unpaired) electrons. The van der Waals surface area contributed by atoms with Crippen LogP contribution >= 0.6 is 24.0 Å². The van der Waals surface area contributed by atoms with Crippen molar-refractivity contribution in [2.45, 2.75) is 36.8 Å². The lowest BCUT2D eigenvalue weighted by atomic mass is 9.92. The fraction of sp³-hybridized carbons (Fsp3) is 0.318. The van der Waals surface area contributed by atoms with Crippen LogP contribution in [0.15, 0.2) is 55.1 Å². The van der Waals surface area contributed by atoms with Crippen LogP contribution in [0.5, 0.6) is 0 Å². The number of nitro groups is 1. The number of thioether (sulfide) groups is 1. The standard InChI is InChI=1S/C22H21F2N5O3S2/c23-16-3-8-19(20(24)9-16)22(30,11-27-14-25-13-26-27)12-28(17-6-7-17)21(33)34-10-15-1-4-18(5-2-15)29(31)32/h1-5,8-9,13-14,17,30H,6-7,10-12H2. The molecule has 1 fully saturated rings. The number of aliphatic hydroxyl groups is 1. The highest BCUT2D eigenvalue weighted by molar-refractivity contribution is 8.22. The van der Waals surface area contributed by atoms with Crippen LogP contribution in [-0.2, 0) is 17.9 Å². The summed E-state index contributed by atoms with van der Waals surface area (Å²) in [7, 11) is 0. The summed E-state index contributed by atoms with van der Waals surface area (Å²) in [5.74, 6) is -1.12. The van der Waals surface area contributed by atoms with Gasteiger partial charge >= 0.3 is 0 Å². The van der Waals surface area contributed by atoms with Gasteiger partial charge < -0.3 is 10.0 Å². The number of non-ortho nitro benzene ring substituents is 1. The minimum Gasteiger partial charge on any atom is -0.381 e. The number of thiocarbonyl (C=S) groups is 1. The van der Waals surface area contributed by atoms with Gasteiger partial charge in [0.25, 0.3) is 5.69 Å². The summed E-state index contributed by atoms with van der Waals surface area (Å²) in [6, 6.07) is 9.40. The number of hydrogen-bond acceptors (Lipinski definition) is 7. The third-order valence-corrected chi connectivity index (χ3v) is 7.03. The molecule has 178 valence electrons. The van der Waals surface area contributed by atoms with Gasteiger partial charge in [-0.15, -0.1) is 0 Å². The second-order valence-corrected chi connectivity index (χ2v) is 9.70. The van der Waals surface area contributed by atoms with Crippen molar-refractivity contribution in [3.8, 4) is 0 Å². The van der Waals surface area contributed by atoms with E-state index in [0.717, 1.165) is 30.5 Å². The van der Waals surface area contributed by atoms with Gasteiger partial charge in [-0.05, 0) is 24.5 Å². The van der Waals surface area contributed by atoms with Crippen LogP contribution < -0.4 is 0 Å². The highest BCUT2D eigenvalue weighted by Gasteiger charge is 2.41. The van der Waals surface area contributed by atoms with Gasteiger partial charge in [0.15, 0.2) is 0 Å². The minimum absolute atomic E-state index is 0.00966. The Kier molecular flexibility index (Phi) is 7.19. The first-order valence-corrected chi connectivity index (χ1v) is 11.8. The van der Waals surface area contributed by atoms with Gasteiger partial charge in [0.2, 0.25) is 0 Å². The Morgan fingerprint density at radius 2 is 2.03 bits per heavy atom. The Balaban J connectivity index is 1.54. The van der Waals surface area contributed by atoms with Gasteiger partial charge in [0, 0.05) is 35.6 Å². The molecule has 1 aromatic heterocycles. The first kappa shape index (κ1) is 24.2. The van der Waals surface area contributed by atoms with E-state index < -0.39 is 22.2 Å². The highest BCUT2D eigenvalue weighted by Crippen LogP contribution is 2.36. The number of nitro benzene ring substituents is 1. The molecule has 34 heavy (non-hydrogen) atoms. The van der Waals surface area contributed by atoms with Crippen molar-refractivity contribution in [3.63, 3.8) is 0 Å². The van der Waals surface area contributed by atoms with Crippen LogP contribution in [0.2, 0.25) is 0 Å². The van der Waals surface area contributed by atoms with Crippen LogP contribution in [0, 0.1) is 21.7 Å². The third kappa shape index (κ3) is 5.75. The average Bonchev–Trinajstić information content (AvgIpc) is 3.52. The Labute approximate surface area is 203 Å². The average molecular weight is 506 g/mol. The van der Waals surface area contributed by atoms with Gasteiger partial charge in [0.05, 0.1) is 18.0 Å². The van der Waals surface area contributed by atoms with Crippen LogP contribution in [0.25, 0.3) is 0 Å². The molecule has 8 nitrogen and oxygen atoms in total. The number of hydrogen-bond donors (Lipinski definition) is 1. The third-order valence-electron chi connectivity index (χ3n) is 5.49. The van der Waals surface area contributed by atoms with Gasteiger partial charge in [-0.1, -0.05) is 42.2 Å². The SMILES string of the molecule is O=[N+]([O-])c1ccc(CSC(=S)N(CC(O)(Cn2cncn2)c2ccc(F)cc2F)C2CC2)cc1. The summed E-state index contributed by atoms with van der Waals surface area (Å²) in [5.41, 5.74) is -0.948. The summed E-state index contributed by atoms with van der Waals surface area (Å²) in [5, 5.41) is 26.5. The number of nitrogens with zero attached hydrogens (tertiary/aromatic N) is 5. The van der Waals surface area contributed by atoms with Crippen molar-refractivity contribution in [3.05, 3.63) is 88.0 Å². The maximum absolute atomic E-state index is 14.8. The van der Waals surface area contributed by atoms with Crippen molar-refractivity contribution in [2.75, 3.05) is 6.54 Å². The van der Waals surface area contributed by atoms with E-state index >= 15 is 0 Å². The molecule has 0 aliphatic heterocycles. The zero-order valence-corrected chi connectivity index (χ0v) is 19.5. The van der Waals surface area contributed by atoms with E-state index in [9.17, 15) is 24.0 Å². The zero-order valence-electron chi connectivity index (χ0n) is 17.9. The molecule has 1 heterocycles. The summed E-state index contributed by atoms with van der Waals surface area (Å²) >= 11 is 7.02. The van der Waals surface area contributed by atoms with Crippen LogP contribution in [0.4, 0.5) is 14.5 Å². The molecule has 1 atom stereocenters. The van der Waals surface area contributed by atoms with Gasteiger partial charge in [0.1, 0.15) is 34.2 Å². The first-order chi connectivity index (χ1) is 16.2. The van der Waals surface area contributed by atoms with Crippen LogP contribution in [0.3, 0.4) is 0 Å². The molecule has 0 bridgehead atoms. The lowest BCUT2D eigenvalue weighted by molar-refractivity contribution is -0.384. The first-order valence-electron chi connectivity index (χ1n) is 10.4. The maximum Gasteiger partial charge on any atom is 0.269 e. The molecule has 1 N–H and O–H groups in total. The maximum atomic E-state index is 14.8. The molecule has 1 aliphatic rings. The quantitative estimate of drug-likeness (QED) is 0.264. The molecular formula is C22H21F2N5O3S2. The molecule has 1 aliphatic carbocycles. The van der Waals surface area contributed by atoms with E-state index in [1.807, 2.05) is 4.90 Å². The number of benzene rings is 2. The minimum atomic E-state index is -1.76. The molecule has 1 saturated carbocycles. The number of halogens is 2. The molecule has 0 amide bonds. The Morgan fingerprint density at radius 3 is 2.62 bits per heavy atom. The lowest BCUT2D eigenvalue weighted by Gasteiger charge is -2.36. The van der Waals surface area contributed by atoms with Crippen LogP contribution in [0.1, 0.15) is 24.0 Å². The summed E-state index contributed by atoms with van der Waals surface area (Å²) in [6.07, 6.45) is 4.48. The molecular weight excluding hydrogens is 484 g/mol. The second-order valence-electron chi connectivity index (χ2n) is 8.09. The Morgan fingerprint density at radius 1 is 1.29 bits per heavy atom. The molecule has 0 saturated heterocycles. The lowest BCUT2D eigenvalue weighted by Crippen LogP contribution is -2.46. The zero-order chi connectivity index (χ0) is 24.3. The van der Waals surface area contributed by atoms with Crippen molar-refractivity contribution < 1.29 is 18.8 Å². The molecule has 2 aromatic carbocycles. The normalized spacial score (nSPS) is 15.0. The fourth-order valence-electron chi connectivity index (χ4n) is 3.62. The second kappa shape index (κ2) is 10.1. The van der Waals surface area contributed by atoms with E-state index in [4.69, 9.17) is 12.2 Å². The highest BCUT2D eigenvalue weighted by atomic mass is 32.2. The van der Waals surface area contributed by atoms with E-state index in [2.05, 4.69) is 10.1 Å². The predicted molar refractivity (Wildman–Crippen MR) is 127 cm³/mol. The van der Waals surface area contributed by atoms with Gasteiger partial charge in [-0.25, -0.2) is 18.4 Å². The topological polar surface area (TPSA) is 97.3 Å². The van der Waals surface area contributed by atoms with E-state index in [1.54, 1.807) is 12.1 Å². The smallest absolute Gasteiger partial charge is 0.269 e. The van der Waals surface area contributed by atoms with Crippen molar-refractivity contribution >= 4 is 34.0 Å². The Bertz CT molecular complexity index is 1180. The van der Waals surface area contributed by atoms with Crippen molar-refractivity contribution in [2.24, 2.45) is 0 Å². The molecule has 1 unspecified atom stereocenters. The molecule has 3 aromatic rings. The predicted octanol–water partition coefficient (Wildman–Crippen LogP) is 4.04. The number of aromatic nitrogens is 3. The van der Waals surface area contributed by atoms with E-state index in [1.165, 1.54) is 47.3 Å². The Hall–Kier alpha value is -2.96. The van der Waals surface area contributed by atoms with Gasteiger partial charge in [-0.2, -0.15) is 5.10 Å². The molecule has 0 spiro atoms. The fourth-order valence-corrected chi connectivity index (χ4v) is 4.87. The van der Waals surface area contributed by atoms with Crippen molar-refractivity contribution in [1.82, 2.24) is 19.7 Å². The monoisotopic (exact) mass is 505 g/mol. The molecule has 4 rings (SSSR count). The van der Waals surface area contributed by atoms with Crippen LogP contribution in [-0.4, -0.2) is 46.6 Å². The summed E-state index contributed by atoms with van der Waals surface area (Å²) in [4.78, 5) is 16.1. The summed E-state index contributed by atoms with van der Waals surface area (Å²) < 4.78 is 30.2. The largest absolute Gasteiger partial charge is 0.381 e. The van der Waals surface area contributed by atoms with E-state index in [0.29, 0.717) is 10.1 Å². The van der Waals surface area contributed by atoms with Gasteiger partial charge in [-0.3, -0.25) is 10.1 Å².